The molecule has 0 bridgehead atoms. The number of nitrogens with zero attached hydrogens (tertiary/aromatic N) is 1. The van der Waals surface area contributed by atoms with Crippen molar-refractivity contribution in [1.82, 2.24) is 0 Å². The van der Waals surface area contributed by atoms with Crippen molar-refractivity contribution >= 4 is 11.4 Å². The summed E-state index contributed by atoms with van der Waals surface area (Å²) in [5, 5.41) is 3.34. The van der Waals surface area contributed by atoms with E-state index in [0.717, 1.165) is 31.1 Å². The average molecular weight is 284 g/mol. The fourth-order valence-electron chi connectivity index (χ4n) is 2.28. The minimum Gasteiger partial charge on any atom is -0.492 e. The Labute approximate surface area is 127 Å². The minimum absolute atomic E-state index is 0.649. The van der Waals surface area contributed by atoms with Crippen LogP contribution in [0.2, 0.25) is 0 Å². The number of para-hydroxylation sites is 1. The molecular weight excluding hydrogens is 260 g/mol. The molecule has 0 aliphatic rings. The molecular formula is C18H24N2O. The number of rotatable bonds is 8. The van der Waals surface area contributed by atoms with Crippen LogP contribution in [0.3, 0.4) is 0 Å². The minimum atomic E-state index is 0.649. The van der Waals surface area contributed by atoms with E-state index in [1.807, 2.05) is 30.3 Å². The Hall–Kier alpha value is -2.16. The number of hydrogen-bond acceptors (Lipinski definition) is 3. The highest BCUT2D eigenvalue weighted by Crippen LogP contribution is 2.20. The molecule has 0 amide bonds. The van der Waals surface area contributed by atoms with E-state index in [-0.39, 0.29) is 0 Å². The van der Waals surface area contributed by atoms with Crippen molar-refractivity contribution in [3.8, 4) is 5.75 Å². The van der Waals surface area contributed by atoms with Gasteiger partial charge < -0.3 is 15.0 Å². The maximum atomic E-state index is 5.82. The number of hydrogen-bond donors (Lipinski definition) is 1. The largest absolute Gasteiger partial charge is 0.492 e. The Morgan fingerprint density at radius 2 is 1.71 bits per heavy atom. The molecule has 0 heterocycles. The quantitative estimate of drug-likeness (QED) is 0.741. The van der Waals surface area contributed by atoms with Gasteiger partial charge >= 0.3 is 0 Å². The molecule has 2 aromatic carbocycles. The Balaban J connectivity index is 1.82. The molecule has 0 saturated heterocycles. The summed E-state index contributed by atoms with van der Waals surface area (Å²) < 4.78 is 5.82. The van der Waals surface area contributed by atoms with Crippen molar-refractivity contribution in [2.45, 2.75) is 13.8 Å². The first kappa shape index (κ1) is 15.2. The number of anilines is 2. The van der Waals surface area contributed by atoms with E-state index in [9.17, 15) is 0 Å². The fraction of sp³-hybridized carbons (Fsp3) is 0.333. The van der Waals surface area contributed by atoms with Crippen molar-refractivity contribution in [3.05, 3.63) is 54.6 Å². The summed E-state index contributed by atoms with van der Waals surface area (Å²) in [5.41, 5.74) is 2.34. The van der Waals surface area contributed by atoms with Crippen molar-refractivity contribution in [2.75, 3.05) is 36.5 Å². The smallest absolute Gasteiger partial charge is 0.121 e. The monoisotopic (exact) mass is 284 g/mol. The van der Waals surface area contributed by atoms with E-state index in [1.54, 1.807) is 0 Å². The molecule has 0 saturated carbocycles. The third-order valence-corrected chi connectivity index (χ3v) is 3.42. The first-order valence-corrected chi connectivity index (χ1v) is 7.60. The van der Waals surface area contributed by atoms with Gasteiger partial charge in [-0.3, -0.25) is 0 Å². The lowest BCUT2D eigenvalue weighted by atomic mass is 10.2. The summed E-state index contributed by atoms with van der Waals surface area (Å²) in [5.74, 6) is 0.925. The van der Waals surface area contributed by atoms with Crippen molar-refractivity contribution < 1.29 is 4.74 Å². The van der Waals surface area contributed by atoms with Crippen LogP contribution in [0.25, 0.3) is 0 Å². The van der Waals surface area contributed by atoms with E-state index >= 15 is 0 Å². The van der Waals surface area contributed by atoms with Crippen LogP contribution >= 0.6 is 0 Å². The van der Waals surface area contributed by atoms with Crippen LogP contribution in [0.1, 0.15) is 13.8 Å². The summed E-state index contributed by atoms with van der Waals surface area (Å²) in [6.07, 6.45) is 0. The van der Waals surface area contributed by atoms with Crippen LogP contribution in [0.15, 0.2) is 54.6 Å². The molecule has 0 fully saturated rings. The second-order valence-corrected chi connectivity index (χ2v) is 4.81. The zero-order valence-electron chi connectivity index (χ0n) is 12.9. The lowest BCUT2D eigenvalue weighted by Gasteiger charge is -2.21. The van der Waals surface area contributed by atoms with E-state index in [4.69, 9.17) is 4.74 Å². The van der Waals surface area contributed by atoms with Gasteiger partial charge in [-0.1, -0.05) is 24.3 Å². The molecule has 0 aliphatic carbocycles. The molecule has 0 aromatic heterocycles. The Bertz CT molecular complexity index is 524. The first-order chi connectivity index (χ1) is 10.3. The number of nitrogens with one attached hydrogen (secondary N) is 1. The predicted octanol–water partition coefficient (Wildman–Crippen LogP) is 4.02. The maximum Gasteiger partial charge on any atom is 0.121 e. The van der Waals surface area contributed by atoms with Gasteiger partial charge in [0.05, 0.1) is 0 Å². The molecule has 2 rings (SSSR count). The highest BCUT2D eigenvalue weighted by molar-refractivity contribution is 5.50. The second kappa shape index (κ2) is 8.20. The molecule has 0 radical (unpaired) electrons. The van der Waals surface area contributed by atoms with Gasteiger partial charge in [0.25, 0.3) is 0 Å². The van der Waals surface area contributed by atoms with Crippen LogP contribution < -0.4 is 15.0 Å². The predicted molar refractivity (Wildman–Crippen MR) is 90.4 cm³/mol. The highest BCUT2D eigenvalue weighted by Gasteiger charge is 2.03. The third kappa shape index (κ3) is 4.71. The number of ether oxygens (including phenoxy) is 1. The van der Waals surface area contributed by atoms with E-state index < -0.39 is 0 Å². The molecule has 21 heavy (non-hydrogen) atoms. The molecule has 3 heteroatoms. The summed E-state index contributed by atoms with van der Waals surface area (Å²) in [4.78, 5) is 2.31. The van der Waals surface area contributed by atoms with Crippen LogP contribution in [0.4, 0.5) is 11.4 Å². The Morgan fingerprint density at radius 1 is 0.952 bits per heavy atom. The topological polar surface area (TPSA) is 24.5 Å². The van der Waals surface area contributed by atoms with Crippen LogP contribution in [0, 0.1) is 0 Å². The van der Waals surface area contributed by atoms with Crippen LogP contribution in [-0.2, 0) is 0 Å². The molecule has 0 atom stereocenters. The Kier molecular flexibility index (Phi) is 5.95. The fourth-order valence-corrected chi connectivity index (χ4v) is 2.28. The van der Waals surface area contributed by atoms with Gasteiger partial charge in [-0.15, -0.1) is 0 Å². The molecule has 112 valence electrons. The van der Waals surface area contributed by atoms with Crippen LogP contribution in [-0.4, -0.2) is 26.2 Å². The van der Waals surface area contributed by atoms with Gasteiger partial charge in [-0.2, -0.15) is 0 Å². The maximum absolute atomic E-state index is 5.82. The first-order valence-electron chi connectivity index (χ1n) is 7.60. The van der Waals surface area contributed by atoms with Crippen molar-refractivity contribution in [3.63, 3.8) is 0 Å². The van der Waals surface area contributed by atoms with E-state index in [1.165, 1.54) is 5.69 Å². The van der Waals surface area contributed by atoms with Crippen LogP contribution in [0.5, 0.6) is 5.75 Å². The lowest BCUT2D eigenvalue weighted by Crippen LogP contribution is -2.21. The summed E-state index contributed by atoms with van der Waals surface area (Å²) in [6.45, 7) is 7.79. The lowest BCUT2D eigenvalue weighted by molar-refractivity contribution is 0.333. The molecule has 0 aliphatic heterocycles. The van der Waals surface area contributed by atoms with Crippen molar-refractivity contribution in [2.24, 2.45) is 0 Å². The van der Waals surface area contributed by atoms with Gasteiger partial charge in [-0.25, -0.2) is 0 Å². The van der Waals surface area contributed by atoms with Gasteiger partial charge in [0.1, 0.15) is 12.4 Å². The normalized spacial score (nSPS) is 10.2. The summed E-state index contributed by atoms with van der Waals surface area (Å²) >= 11 is 0. The van der Waals surface area contributed by atoms with E-state index in [0.29, 0.717) is 6.61 Å². The van der Waals surface area contributed by atoms with E-state index in [2.05, 4.69) is 48.3 Å². The Morgan fingerprint density at radius 3 is 2.43 bits per heavy atom. The summed E-state index contributed by atoms with van der Waals surface area (Å²) in [6, 6.07) is 18.5. The highest BCUT2D eigenvalue weighted by atomic mass is 16.5. The van der Waals surface area contributed by atoms with Gasteiger partial charge in [0, 0.05) is 37.1 Å². The van der Waals surface area contributed by atoms with Gasteiger partial charge in [0.2, 0.25) is 0 Å². The molecule has 0 unspecified atom stereocenters. The molecule has 1 N–H and O–H groups in total. The number of benzene rings is 2. The molecule has 0 spiro atoms. The SMILES string of the molecule is CCN(CC)c1cccc(OCCNc2ccccc2)c1. The zero-order chi connectivity index (χ0) is 14.9. The third-order valence-electron chi connectivity index (χ3n) is 3.42. The zero-order valence-corrected chi connectivity index (χ0v) is 12.9. The average Bonchev–Trinajstić information content (AvgIpc) is 2.54. The standard InChI is InChI=1S/C18H24N2O/c1-3-20(4-2)17-11-8-12-18(15-17)21-14-13-19-16-9-6-5-7-10-16/h5-12,15,19H,3-4,13-14H2,1-2H3. The summed E-state index contributed by atoms with van der Waals surface area (Å²) in [7, 11) is 0. The van der Waals surface area contributed by atoms with Gasteiger partial charge in [0.15, 0.2) is 0 Å². The van der Waals surface area contributed by atoms with Gasteiger partial charge in [-0.05, 0) is 38.1 Å². The molecule has 3 nitrogen and oxygen atoms in total. The second-order valence-electron chi connectivity index (χ2n) is 4.81. The van der Waals surface area contributed by atoms with Crippen molar-refractivity contribution in [1.29, 1.82) is 0 Å². The molecule has 2 aromatic rings.